The first-order chi connectivity index (χ1) is 16.0. The smallest absolute Gasteiger partial charge is 0.280 e. The maximum atomic E-state index is 14.2. The fourth-order valence-corrected chi connectivity index (χ4v) is 3.56. The van der Waals surface area contributed by atoms with E-state index in [4.69, 9.17) is 0 Å². The van der Waals surface area contributed by atoms with Crippen LogP contribution in [0.4, 0.5) is 10.1 Å². The van der Waals surface area contributed by atoms with Crippen LogP contribution in [0.5, 0.6) is 0 Å². The number of hydrogen-bond donors (Lipinski definition) is 2. The van der Waals surface area contributed by atoms with Crippen LogP contribution in [0.25, 0.3) is 28.1 Å². The molecule has 2 heterocycles. The van der Waals surface area contributed by atoms with Crippen molar-refractivity contribution in [2.75, 3.05) is 5.32 Å². The molecule has 162 valence electrons. The largest absolute Gasteiger partial charge is 0.338 e. The number of carbonyl (C=O) groups excluding carboxylic acids is 1. The first-order valence-corrected chi connectivity index (χ1v) is 10.2. The second-order valence-corrected chi connectivity index (χ2v) is 7.50. The van der Waals surface area contributed by atoms with Gasteiger partial charge in [0.25, 0.3) is 5.91 Å². The summed E-state index contributed by atoms with van der Waals surface area (Å²) in [5.74, 6) is -0.479. The lowest BCUT2D eigenvalue weighted by atomic mass is 10.2. The van der Waals surface area contributed by atoms with Gasteiger partial charge in [-0.05, 0) is 55.5 Å². The van der Waals surface area contributed by atoms with Crippen molar-refractivity contribution in [2.45, 2.75) is 6.92 Å². The summed E-state index contributed by atoms with van der Waals surface area (Å²) in [6, 6.07) is 22.1. The van der Waals surface area contributed by atoms with Crippen molar-refractivity contribution in [3.8, 4) is 17.1 Å². The predicted octanol–water partition coefficient (Wildman–Crippen LogP) is 4.48. The molecule has 2 N–H and O–H groups in total. The molecule has 7 nitrogen and oxygen atoms in total. The highest BCUT2D eigenvalue weighted by molar-refractivity contribution is 6.02. The van der Waals surface area contributed by atoms with E-state index in [2.05, 4.69) is 20.4 Å². The molecule has 5 aromatic rings. The van der Waals surface area contributed by atoms with Gasteiger partial charge in [-0.3, -0.25) is 9.59 Å². The first-order valence-electron chi connectivity index (χ1n) is 10.2. The highest BCUT2D eigenvalue weighted by Crippen LogP contribution is 2.22. The van der Waals surface area contributed by atoms with Crippen molar-refractivity contribution >= 4 is 22.6 Å². The van der Waals surface area contributed by atoms with E-state index in [0.29, 0.717) is 17.2 Å². The van der Waals surface area contributed by atoms with Crippen LogP contribution < -0.4 is 10.7 Å². The molecular formula is C25H18FN5O2. The number of rotatable bonds is 4. The molecule has 0 radical (unpaired) electrons. The highest BCUT2D eigenvalue weighted by Gasteiger charge is 2.17. The Bertz CT molecular complexity index is 1520. The van der Waals surface area contributed by atoms with Gasteiger partial charge in [0.2, 0.25) is 5.43 Å². The molecule has 0 atom stereocenters. The summed E-state index contributed by atoms with van der Waals surface area (Å²) in [6.07, 6.45) is 0. The van der Waals surface area contributed by atoms with E-state index in [1.54, 1.807) is 31.2 Å². The number of anilines is 1. The number of amides is 1. The number of benzene rings is 3. The Morgan fingerprint density at radius 1 is 1.00 bits per heavy atom. The zero-order valence-electron chi connectivity index (χ0n) is 17.5. The number of imidazole rings is 1. The number of aromatic nitrogens is 4. The van der Waals surface area contributed by atoms with E-state index >= 15 is 0 Å². The van der Waals surface area contributed by atoms with Gasteiger partial charge in [-0.1, -0.05) is 24.3 Å². The molecule has 33 heavy (non-hydrogen) atoms. The van der Waals surface area contributed by atoms with Crippen molar-refractivity contribution in [1.29, 1.82) is 0 Å². The molecule has 0 unspecified atom stereocenters. The van der Waals surface area contributed by atoms with Crippen LogP contribution >= 0.6 is 0 Å². The maximum Gasteiger partial charge on any atom is 0.280 e. The van der Waals surface area contributed by atoms with Crippen LogP contribution in [0.15, 0.2) is 83.7 Å². The molecule has 3 aromatic carbocycles. The number of aromatic amines is 1. The fraction of sp³-hybridized carbons (Fsp3) is 0.0400. The van der Waals surface area contributed by atoms with Gasteiger partial charge in [-0.15, -0.1) is 0 Å². The molecule has 8 heteroatoms. The minimum absolute atomic E-state index is 0.152. The van der Waals surface area contributed by atoms with Crippen LogP contribution in [0.1, 0.15) is 16.2 Å². The second-order valence-electron chi connectivity index (χ2n) is 7.50. The van der Waals surface area contributed by atoms with Gasteiger partial charge < -0.3 is 10.3 Å². The third-order valence-corrected chi connectivity index (χ3v) is 5.21. The minimum atomic E-state index is -0.679. The average molecular weight is 439 g/mol. The van der Waals surface area contributed by atoms with Gasteiger partial charge in [0.05, 0.1) is 11.0 Å². The van der Waals surface area contributed by atoms with E-state index in [1.807, 2.05) is 36.4 Å². The molecule has 0 saturated carbocycles. The molecule has 0 saturated heterocycles. The van der Waals surface area contributed by atoms with E-state index in [0.717, 1.165) is 16.6 Å². The van der Waals surface area contributed by atoms with Gasteiger partial charge in [-0.2, -0.15) is 5.10 Å². The number of halogens is 1. The summed E-state index contributed by atoms with van der Waals surface area (Å²) in [5.41, 5.74) is 2.82. The SMILES string of the molecule is Cc1cc(=O)c(C(=O)Nc2ccc(-c3nc4ccccc4[nH]3)cc2)nn1-c1ccccc1F. The molecule has 0 aliphatic carbocycles. The van der Waals surface area contributed by atoms with Crippen molar-refractivity contribution in [1.82, 2.24) is 19.7 Å². The Morgan fingerprint density at radius 3 is 2.48 bits per heavy atom. The van der Waals surface area contributed by atoms with Crippen molar-refractivity contribution < 1.29 is 9.18 Å². The summed E-state index contributed by atoms with van der Waals surface area (Å²) in [7, 11) is 0. The van der Waals surface area contributed by atoms with Crippen LogP contribution in [0.3, 0.4) is 0 Å². The Morgan fingerprint density at radius 2 is 1.73 bits per heavy atom. The summed E-state index contributed by atoms with van der Waals surface area (Å²) < 4.78 is 15.5. The lowest BCUT2D eigenvalue weighted by molar-refractivity contribution is 0.101. The van der Waals surface area contributed by atoms with Gasteiger partial charge in [0.15, 0.2) is 5.69 Å². The maximum absolute atomic E-state index is 14.2. The molecule has 0 bridgehead atoms. The Kier molecular flexibility index (Phi) is 5.02. The number of nitrogens with zero attached hydrogens (tertiary/aromatic N) is 3. The quantitative estimate of drug-likeness (QED) is 0.432. The predicted molar refractivity (Wildman–Crippen MR) is 124 cm³/mol. The lowest BCUT2D eigenvalue weighted by Crippen LogP contribution is -2.27. The molecular weight excluding hydrogens is 421 g/mol. The Hall–Kier alpha value is -4.59. The molecule has 0 spiro atoms. The van der Waals surface area contributed by atoms with Gasteiger partial charge in [0, 0.05) is 23.0 Å². The fourth-order valence-electron chi connectivity index (χ4n) is 3.56. The number of nitrogens with one attached hydrogen (secondary N) is 2. The standard InChI is InChI=1S/C25H18FN5O2/c1-15-14-22(32)23(30-31(15)21-9-5-2-6-18(21)26)25(33)27-17-12-10-16(11-13-17)24-28-19-7-3-4-8-20(19)29-24/h2-14H,1H3,(H,27,33)(H,28,29). The van der Waals surface area contributed by atoms with E-state index in [9.17, 15) is 14.0 Å². The zero-order chi connectivity index (χ0) is 22.9. The number of carbonyl (C=O) groups is 1. The van der Waals surface area contributed by atoms with Crippen molar-refractivity contribution in [3.05, 3.63) is 106 Å². The Balaban J connectivity index is 1.41. The number of hydrogen-bond acceptors (Lipinski definition) is 4. The molecule has 0 fully saturated rings. The van der Waals surface area contributed by atoms with Crippen LogP contribution in [-0.4, -0.2) is 25.7 Å². The van der Waals surface area contributed by atoms with Crippen LogP contribution in [0, 0.1) is 12.7 Å². The minimum Gasteiger partial charge on any atom is -0.338 e. The summed E-state index contributed by atoms with van der Waals surface area (Å²) in [5, 5.41) is 6.80. The first kappa shape index (κ1) is 20.3. The highest BCUT2D eigenvalue weighted by atomic mass is 19.1. The molecule has 5 rings (SSSR count). The van der Waals surface area contributed by atoms with Gasteiger partial charge >= 0.3 is 0 Å². The van der Waals surface area contributed by atoms with E-state index < -0.39 is 17.2 Å². The Labute approximate surface area is 187 Å². The second kappa shape index (κ2) is 8.16. The van der Waals surface area contributed by atoms with Crippen molar-refractivity contribution in [2.24, 2.45) is 0 Å². The summed E-state index contributed by atoms with van der Waals surface area (Å²) in [4.78, 5) is 33.0. The topological polar surface area (TPSA) is 92.7 Å². The number of fused-ring (bicyclic) bond motifs is 1. The van der Waals surface area contributed by atoms with Crippen molar-refractivity contribution in [3.63, 3.8) is 0 Å². The molecule has 0 aliphatic rings. The zero-order valence-corrected chi connectivity index (χ0v) is 17.5. The van der Waals surface area contributed by atoms with Gasteiger partial charge in [-0.25, -0.2) is 14.1 Å². The number of aryl methyl sites for hydroxylation is 1. The monoisotopic (exact) mass is 439 g/mol. The summed E-state index contributed by atoms with van der Waals surface area (Å²) >= 11 is 0. The third kappa shape index (κ3) is 3.89. The van der Waals surface area contributed by atoms with Crippen LogP contribution in [-0.2, 0) is 0 Å². The number of para-hydroxylation sites is 3. The average Bonchev–Trinajstić information content (AvgIpc) is 3.25. The molecule has 1 amide bonds. The van der Waals surface area contributed by atoms with E-state index in [-0.39, 0.29) is 11.4 Å². The third-order valence-electron chi connectivity index (χ3n) is 5.21. The lowest BCUT2D eigenvalue weighted by Gasteiger charge is -2.12. The normalized spacial score (nSPS) is 11.0. The van der Waals surface area contributed by atoms with Crippen LogP contribution in [0.2, 0.25) is 0 Å². The van der Waals surface area contributed by atoms with E-state index in [1.165, 1.54) is 22.9 Å². The van der Waals surface area contributed by atoms with Gasteiger partial charge in [0.1, 0.15) is 17.3 Å². The number of H-pyrrole nitrogens is 1. The molecule has 0 aliphatic heterocycles. The summed E-state index contributed by atoms with van der Waals surface area (Å²) in [6.45, 7) is 1.62. The molecule has 2 aromatic heterocycles.